The molecule has 20 heavy (non-hydrogen) atoms. The first-order valence-corrected chi connectivity index (χ1v) is 6.86. The summed E-state index contributed by atoms with van der Waals surface area (Å²) in [5, 5.41) is 3.15. The molecule has 0 atom stereocenters. The highest BCUT2D eigenvalue weighted by atomic mass is 16.2. The standard InChI is InChI=1S/C14H20N4O2/c1-3-7-15-12-6-4-5-11(16-12)14(20)18-9-8-17(2)13(19)10-18/h4-6H,3,7-10H2,1-2H3,(H,15,16). The van der Waals surface area contributed by atoms with Crippen LogP contribution in [0.2, 0.25) is 0 Å². The number of rotatable bonds is 4. The van der Waals surface area contributed by atoms with E-state index in [4.69, 9.17) is 0 Å². The van der Waals surface area contributed by atoms with E-state index >= 15 is 0 Å². The minimum Gasteiger partial charge on any atom is -0.370 e. The van der Waals surface area contributed by atoms with Crippen molar-refractivity contribution < 1.29 is 9.59 Å². The monoisotopic (exact) mass is 276 g/mol. The van der Waals surface area contributed by atoms with Crippen molar-refractivity contribution in [3.05, 3.63) is 23.9 Å². The zero-order valence-corrected chi connectivity index (χ0v) is 11.9. The fourth-order valence-electron chi connectivity index (χ4n) is 2.00. The third-order valence-corrected chi connectivity index (χ3v) is 3.27. The average Bonchev–Trinajstić information content (AvgIpc) is 2.47. The van der Waals surface area contributed by atoms with E-state index in [-0.39, 0.29) is 18.4 Å². The zero-order chi connectivity index (χ0) is 14.5. The summed E-state index contributed by atoms with van der Waals surface area (Å²) in [5.74, 6) is 0.467. The van der Waals surface area contributed by atoms with Crippen LogP contribution >= 0.6 is 0 Å². The number of nitrogens with zero attached hydrogens (tertiary/aromatic N) is 3. The van der Waals surface area contributed by atoms with Crippen LogP contribution in [0.15, 0.2) is 18.2 Å². The van der Waals surface area contributed by atoms with E-state index in [1.54, 1.807) is 29.0 Å². The molecule has 6 nitrogen and oxygen atoms in total. The van der Waals surface area contributed by atoms with Gasteiger partial charge in [0.05, 0.1) is 0 Å². The summed E-state index contributed by atoms with van der Waals surface area (Å²) >= 11 is 0. The van der Waals surface area contributed by atoms with Gasteiger partial charge in [0.15, 0.2) is 0 Å². The summed E-state index contributed by atoms with van der Waals surface area (Å²) in [6.07, 6.45) is 0.993. The summed E-state index contributed by atoms with van der Waals surface area (Å²) in [6.45, 7) is 4.13. The summed E-state index contributed by atoms with van der Waals surface area (Å²) in [4.78, 5) is 31.5. The summed E-state index contributed by atoms with van der Waals surface area (Å²) in [5.41, 5.74) is 0.378. The molecule has 0 saturated carbocycles. The number of anilines is 1. The first-order valence-electron chi connectivity index (χ1n) is 6.86. The normalized spacial score (nSPS) is 15.4. The molecule has 1 N–H and O–H groups in total. The van der Waals surface area contributed by atoms with Gasteiger partial charge in [0, 0.05) is 26.7 Å². The lowest BCUT2D eigenvalue weighted by Crippen LogP contribution is -2.50. The zero-order valence-electron chi connectivity index (χ0n) is 11.9. The quantitative estimate of drug-likeness (QED) is 0.884. The largest absolute Gasteiger partial charge is 0.370 e. The Balaban J connectivity index is 2.07. The number of amides is 2. The Morgan fingerprint density at radius 3 is 2.90 bits per heavy atom. The second kappa shape index (κ2) is 6.36. The Hall–Kier alpha value is -2.11. The van der Waals surface area contributed by atoms with Gasteiger partial charge in [-0.3, -0.25) is 9.59 Å². The number of likely N-dealkylation sites (N-methyl/N-ethyl adjacent to an activating group) is 1. The molecule has 0 unspecified atom stereocenters. The summed E-state index contributed by atoms with van der Waals surface area (Å²) in [7, 11) is 1.75. The summed E-state index contributed by atoms with van der Waals surface area (Å²) < 4.78 is 0. The van der Waals surface area contributed by atoms with E-state index in [0.29, 0.717) is 24.6 Å². The maximum absolute atomic E-state index is 12.3. The Bertz CT molecular complexity index is 504. The number of piperazine rings is 1. The molecule has 1 aromatic rings. The first-order chi connectivity index (χ1) is 9.61. The number of hydrogen-bond donors (Lipinski definition) is 1. The maximum atomic E-state index is 12.3. The van der Waals surface area contributed by atoms with Crippen molar-refractivity contribution in [2.45, 2.75) is 13.3 Å². The number of nitrogens with one attached hydrogen (secondary N) is 1. The third kappa shape index (κ3) is 3.26. The van der Waals surface area contributed by atoms with Crippen LogP contribution in [0.4, 0.5) is 5.82 Å². The maximum Gasteiger partial charge on any atom is 0.273 e. The molecule has 1 fully saturated rings. The van der Waals surface area contributed by atoms with Gasteiger partial charge < -0.3 is 15.1 Å². The number of aromatic nitrogens is 1. The molecule has 0 aromatic carbocycles. The van der Waals surface area contributed by atoms with Gasteiger partial charge in [0.2, 0.25) is 5.91 Å². The lowest BCUT2D eigenvalue weighted by atomic mass is 10.2. The molecule has 6 heteroatoms. The van der Waals surface area contributed by atoms with E-state index in [2.05, 4.69) is 17.2 Å². The van der Waals surface area contributed by atoms with Gasteiger partial charge in [0.25, 0.3) is 5.91 Å². The van der Waals surface area contributed by atoms with Gasteiger partial charge in [0.1, 0.15) is 18.1 Å². The Morgan fingerprint density at radius 2 is 2.20 bits per heavy atom. The Labute approximate surface area is 118 Å². The SMILES string of the molecule is CCCNc1cccc(C(=O)N2CCN(C)C(=O)C2)n1. The van der Waals surface area contributed by atoms with Gasteiger partial charge in [-0.1, -0.05) is 13.0 Å². The van der Waals surface area contributed by atoms with Gasteiger partial charge in [-0.15, -0.1) is 0 Å². The fraction of sp³-hybridized carbons (Fsp3) is 0.500. The minimum atomic E-state index is -0.188. The molecule has 0 spiro atoms. The topological polar surface area (TPSA) is 65.5 Å². The van der Waals surface area contributed by atoms with E-state index in [0.717, 1.165) is 13.0 Å². The van der Waals surface area contributed by atoms with E-state index in [1.165, 1.54) is 0 Å². The van der Waals surface area contributed by atoms with Crippen LogP contribution in [-0.2, 0) is 4.79 Å². The summed E-state index contributed by atoms with van der Waals surface area (Å²) in [6, 6.07) is 5.32. The van der Waals surface area contributed by atoms with Gasteiger partial charge in [-0.25, -0.2) is 4.98 Å². The Morgan fingerprint density at radius 1 is 1.40 bits per heavy atom. The van der Waals surface area contributed by atoms with Gasteiger partial charge >= 0.3 is 0 Å². The molecule has 2 rings (SSSR count). The molecule has 0 radical (unpaired) electrons. The van der Waals surface area contributed by atoms with Crippen molar-refractivity contribution in [1.82, 2.24) is 14.8 Å². The van der Waals surface area contributed by atoms with Gasteiger partial charge in [-0.05, 0) is 18.6 Å². The molecule has 1 aromatic heterocycles. The highest BCUT2D eigenvalue weighted by molar-refractivity contribution is 5.95. The molecule has 1 saturated heterocycles. The smallest absolute Gasteiger partial charge is 0.273 e. The molecule has 2 heterocycles. The second-order valence-electron chi connectivity index (χ2n) is 4.88. The molecular formula is C14H20N4O2. The van der Waals surface area contributed by atoms with E-state index in [9.17, 15) is 9.59 Å². The predicted molar refractivity (Wildman–Crippen MR) is 76.6 cm³/mol. The highest BCUT2D eigenvalue weighted by Gasteiger charge is 2.26. The molecule has 1 aliphatic heterocycles. The predicted octanol–water partition coefficient (Wildman–Crippen LogP) is 0.818. The van der Waals surface area contributed by atoms with E-state index in [1.807, 2.05) is 6.07 Å². The number of hydrogen-bond acceptors (Lipinski definition) is 4. The van der Waals surface area contributed by atoms with Crippen molar-refractivity contribution in [1.29, 1.82) is 0 Å². The Kier molecular flexibility index (Phi) is 4.55. The van der Waals surface area contributed by atoms with Crippen molar-refractivity contribution in [3.63, 3.8) is 0 Å². The molecular weight excluding hydrogens is 256 g/mol. The van der Waals surface area contributed by atoms with Crippen LogP contribution in [0.3, 0.4) is 0 Å². The third-order valence-electron chi connectivity index (χ3n) is 3.27. The molecule has 1 aliphatic rings. The number of carbonyl (C=O) groups excluding carboxylic acids is 2. The highest BCUT2D eigenvalue weighted by Crippen LogP contribution is 2.10. The van der Waals surface area contributed by atoms with Crippen molar-refractivity contribution >= 4 is 17.6 Å². The van der Waals surface area contributed by atoms with Crippen LogP contribution in [0.1, 0.15) is 23.8 Å². The lowest BCUT2D eigenvalue weighted by Gasteiger charge is -2.31. The van der Waals surface area contributed by atoms with Crippen LogP contribution < -0.4 is 5.32 Å². The van der Waals surface area contributed by atoms with Crippen LogP contribution in [0.5, 0.6) is 0 Å². The van der Waals surface area contributed by atoms with Crippen molar-refractivity contribution in [2.75, 3.05) is 38.5 Å². The van der Waals surface area contributed by atoms with Crippen molar-refractivity contribution in [3.8, 4) is 0 Å². The van der Waals surface area contributed by atoms with Crippen LogP contribution in [-0.4, -0.2) is 59.8 Å². The average molecular weight is 276 g/mol. The van der Waals surface area contributed by atoms with Crippen molar-refractivity contribution in [2.24, 2.45) is 0 Å². The number of pyridine rings is 1. The van der Waals surface area contributed by atoms with E-state index < -0.39 is 0 Å². The first kappa shape index (κ1) is 14.3. The molecule has 0 bridgehead atoms. The molecule has 2 amide bonds. The second-order valence-corrected chi connectivity index (χ2v) is 4.88. The molecule has 0 aliphatic carbocycles. The fourth-order valence-corrected chi connectivity index (χ4v) is 2.00. The van der Waals surface area contributed by atoms with Gasteiger partial charge in [-0.2, -0.15) is 0 Å². The van der Waals surface area contributed by atoms with Crippen LogP contribution in [0, 0.1) is 0 Å². The van der Waals surface area contributed by atoms with Crippen LogP contribution in [0.25, 0.3) is 0 Å². The minimum absolute atomic E-state index is 0.0372. The lowest BCUT2D eigenvalue weighted by molar-refractivity contribution is -0.133. The number of carbonyl (C=O) groups is 2. The molecule has 108 valence electrons.